The minimum absolute atomic E-state index is 0.421. The molecule has 4 rings (SSSR count). The summed E-state index contributed by atoms with van der Waals surface area (Å²) in [7, 11) is 2.13. The van der Waals surface area contributed by atoms with Crippen LogP contribution in [0, 0.1) is 0 Å². The summed E-state index contributed by atoms with van der Waals surface area (Å²) in [6, 6.07) is 7.40. The number of nitrogens with one attached hydrogen (secondary N) is 1. The number of carbonyl (C=O) groups is 1. The summed E-state index contributed by atoms with van der Waals surface area (Å²) in [4.78, 5) is 28.5. The molecule has 1 amide bonds. The van der Waals surface area contributed by atoms with Crippen molar-refractivity contribution in [3.05, 3.63) is 42.2 Å². The van der Waals surface area contributed by atoms with E-state index in [0.29, 0.717) is 16.9 Å². The van der Waals surface area contributed by atoms with E-state index in [2.05, 4.69) is 31.8 Å². The molecule has 1 aliphatic heterocycles. The standard InChI is InChI=1S/C18H20N6O/c1-23-7-9-24(10-8-23)15-5-6-20-11-13(15)18-21-14-4-2-3-12(17(19)25)16(14)22-18/h2-6,11H,7-10H2,1H3,(H2,19,25)(H,21,22). The Morgan fingerprint density at radius 3 is 2.76 bits per heavy atom. The van der Waals surface area contributed by atoms with Gasteiger partial charge in [-0.3, -0.25) is 9.78 Å². The number of hydrogen-bond donors (Lipinski definition) is 2. The predicted molar refractivity (Wildman–Crippen MR) is 97.6 cm³/mol. The number of pyridine rings is 1. The van der Waals surface area contributed by atoms with Crippen molar-refractivity contribution in [2.45, 2.75) is 0 Å². The van der Waals surface area contributed by atoms with Gasteiger partial charge in [0.1, 0.15) is 11.3 Å². The zero-order valence-electron chi connectivity index (χ0n) is 14.1. The first kappa shape index (κ1) is 15.6. The largest absolute Gasteiger partial charge is 0.368 e. The average Bonchev–Trinajstić information content (AvgIpc) is 3.06. The summed E-state index contributed by atoms with van der Waals surface area (Å²) in [6.07, 6.45) is 3.62. The minimum Gasteiger partial charge on any atom is -0.368 e. The molecule has 7 nitrogen and oxygen atoms in total. The fourth-order valence-corrected chi connectivity index (χ4v) is 3.25. The number of piperazine rings is 1. The number of hydrogen-bond acceptors (Lipinski definition) is 5. The lowest BCUT2D eigenvalue weighted by molar-refractivity contribution is 0.100. The summed E-state index contributed by atoms with van der Waals surface area (Å²) in [5.41, 5.74) is 9.31. The molecule has 0 saturated carbocycles. The molecule has 128 valence electrons. The van der Waals surface area contributed by atoms with Crippen LogP contribution in [0.5, 0.6) is 0 Å². The fourth-order valence-electron chi connectivity index (χ4n) is 3.25. The molecule has 3 aromatic rings. The van der Waals surface area contributed by atoms with Crippen molar-refractivity contribution in [1.29, 1.82) is 0 Å². The number of benzene rings is 1. The Labute approximate surface area is 145 Å². The predicted octanol–water partition coefficient (Wildman–Crippen LogP) is 1.48. The minimum atomic E-state index is -0.478. The van der Waals surface area contributed by atoms with Crippen molar-refractivity contribution >= 4 is 22.6 Å². The summed E-state index contributed by atoms with van der Waals surface area (Å²) in [6.45, 7) is 3.96. The number of nitrogens with two attached hydrogens (primary N) is 1. The third-order valence-electron chi connectivity index (χ3n) is 4.68. The number of anilines is 1. The van der Waals surface area contributed by atoms with Crippen molar-refractivity contribution in [1.82, 2.24) is 19.9 Å². The molecule has 1 aliphatic rings. The molecule has 3 N–H and O–H groups in total. The van der Waals surface area contributed by atoms with Gasteiger partial charge in [0.15, 0.2) is 0 Å². The number of likely N-dealkylation sites (N-methyl/N-ethyl adjacent to an activating group) is 1. The first-order valence-electron chi connectivity index (χ1n) is 8.30. The Kier molecular flexibility index (Phi) is 3.85. The molecule has 0 unspecified atom stereocenters. The van der Waals surface area contributed by atoms with Gasteiger partial charge in [-0.25, -0.2) is 4.98 Å². The van der Waals surface area contributed by atoms with Crippen LogP contribution in [-0.2, 0) is 0 Å². The van der Waals surface area contributed by atoms with Gasteiger partial charge in [-0.2, -0.15) is 0 Å². The van der Waals surface area contributed by atoms with Gasteiger partial charge in [-0.05, 0) is 25.2 Å². The Morgan fingerprint density at radius 2 is 2.00 bits per heavy atom. The number of primary amides is 1. The number of rotatable bonds is 3. The van der Waals surface area contributed by atoms with Gasteiger partial charge in [0, 0.05) is 38.6 Å². The van der Waals surface area contributed by atoms with E-state index < -0.39 is 5.91 Å². The SMILES string of the molecule is CN1CCN(c2ccncc2-c2nc3c(C(N)=O)cccc3[nH]2)CC1. The van der Waals surface area contributed by atoms with Crippen molar-refractivity contribution < 1.29 is 4.79 Å². The maximum absolute atomic E-state index is 11.6. The topological polar surface area (TPSA) is 91.1 Å². The smallest absolute Gasteiger partial charge is 0.250 e. The molecule has 2 aromatic heterocycles. The zero-order valence-corrected chi connectivity index (χ0v) is 14.1. The first-order chi connectivity index (χ1) is 12.1. The molecule has 25 heavy (non-hydrogen) atoms. The van der Waals surface area contributed by atoms with Gasteiger partial charge >= 0.3 is 0 Å². The van der Waals surface area contributed by atoms with Crippen LogP contribution in [0.4, 0.5) is 5.69 Å². The van der Waals surface area contributed by atoms with Crippen LogP contribution in [0.15, 0.2) is 36.7 Å². The second-order valence-corrected chi connectivity index (χ2v) is 6.33. The zero-order chi connectivity index (χ0) is 17.4. The third-order valence-corrected chi connectivity index (χ3v) is 4.68. The second-order valence-electron chi connectivity index (χ2n) is 6.33. The number of carbonyl (C=O) groups excluding carboxylic acids is 1. The van der Waals surface area contributed by atoms with E-state index in [1.54, 1.807) is 18.3 Å². The molecule has 0 radical (unpaired) electrons. The molecular formula is C18H20N6O. The third kappa shape index (κ3) is 2.83. The highest BCUT2D eigenvalue weighted by Gasteiger charge is 2.20. The highest BCUT2D eigenvalue weighted by Crippen LogP contribution is 2.30. The summed E-state index contributed by atoms with van der Waals surface area (Å²) in [5, 5.41) is 0. The molecule has 0 atom stereocenters. The Morgan fingerprint density at radius 1 is 1.20 bits per heavy atom. The number of nitrogens with zero attached hydrogens (tertiary/aromatic N) is 4. The van der Waals surface area contributed by atoms with E-state index in [9.17, 15) is 4.79 Å². The number of aromatic nitrogens is 3. The summed E-state index contributed by atoms with van der Waals surface area (Å²) in [5.74, 6) is 0.222. The molecule has 1 fully saturated rings. The van der Waals surface area contributed by atoms with Gasteiger partial charge in [-0.1, -0.05) is 6.07 Å². The molecule has 3 heterocycles. The van der Waals surface area contributed by atoms with E-state index in [0.717, 1.165) is 42.9 Å². The van der Waals surface area contributed by atoms with Crippen molar-refractivity contribution in [3.63, 3.8) is 0 Å². The van der Waals surface area contributed by atoms with E-state index in [1.165, 1.54) is 0 Å². The lowest BCUT2D eigenvalue weighted by atomic mass is 10.1. The molecule has 0 bridgehead atoms. The molecule has 1 saturated heterocycles. The van der Waals surface area contributed by atoms with Crippen molar-refractivity contribution in [3.8, 4) is 11.4 Å². The van der Waals surface area contributed by atoms with Crippen LogP contribution >= 0.6 is 0 Å². The lowest BCUT2D eigenvalue weighted by Crippen LogP contribution is -2.44. The molecule has 0 spiro atoms. The second kappa shape index (κ2) is 6.18. The van der Waals surface area contributed by atoms with Gasteiger partial charge in [0.25, 0.3) is 5.91 Å². The number of amides is 1. The number of imidazole rings is 1. The molecule has 0 aliphatic carbocycles. The van der Waals surface area contributed by atoms with Crippen LogP contribution in [-0.4, -0.2) is 59.0 Å². The average molecular weight is 336 g/mol. The maximum Gasteiger partial charge on any atom is 0.250 e. The van der Waals surface area contributed by atoms with E-state index in [-0.39, 0.29) is 0 Å². The molecule has 7 heteroatoms. The van der Waals surface area contributed by atoms with E-state index in [1.807, 2.05) is 18.3 Å². The van der Waals surface area contributed by atoms with E-state index >= 15 is 0 Å². The fraction of sp³-hybridized carbons (Fsp3) is 0.278. The number of aromatic amines is 1. The van der Waals surface area contributed by atoms with E-state index in [4.69, 9.17) is 5.73 Å². The van der Waals surface area contributed by atoms with Crippen LogP contribution in [0.3, 0.4) is 0 Å². The number of fused-ring (bicyclic) bond motifs is 1. The van der Waals surface area contributed by atoms with Crippen molar-refractivity contribution in [2.75, 3.05) is 38.1 Å². The Balaban J connectivity index is 1.79. The summed E-state index contributed by atoms with van der Waals surface area (Å²) >= 11 is 0. The number of H-pyrrole nitrogens is 1. The van der Waals surface area contributed by atoms with Crippen LogP contribution < -0.4 is 10.6 Å². The Bertz CT molecular complexity index is 926. The highest BCUT2D eigenvalue weighted by atomic mass is 16.1. The molecule has 1 aromatic carbocycles. The van der Waals surface area contributed by atoms with Crippen LogP contribution in [0.25, 0.3) is 22.4 Å². The van der Waals surface area contributed by atoms with Crippen LogP contribution in [0.2, 0.25) is 0 Å². The first-order valence-corrected chi connectivity index (χ1v) is 8.30. The van der Waals surface area contributed by atoms with Gasteiger partial charge in [0.05, 0.1) is 22.3 Å². The normalized spacial score (nSPS) is 15.6. The van der Waals surface area contributed by atoms with Crippen LogP contribution in [0.1, 0.15) is 10.4 Å². The van der Waals surface area contributed by atoms with Gasteiger partial charge in [-0.15, -0.1) is 0 Å². The van der Waals surface area contributed by atoms with Crippen molar-refractivity contribution in [2.24, 2.45) is 5.73 Å². The van der Waals surface area contributed by atoms with Gasteiger partial charge in [0.2, 0.25) is 0 Å². The molecular weight excluding hydrogens is 316 g/mol. The Hall–Kier alpha value is -2.93. The van der Waals surface area contributed by atoms with Gasteiger partial charge < -0.3 is 20.5 Å². The maximum atomic E-state index is 11.6. The quantitative estimate of drug-likeness (QED) is 0.756. The monoisotopic (exact) mass is 336 g/mol. The number of para-hydroxylation sites is 1. The summed E-state index contributed by atoms with van der Waals surface area (Å²) < 4.78 is 0. The lowest BCUT2D eigenvalue weighted by Gasteiger charge is -2.34. The highest BCUT2D eigenvalue weighted by molar-refractivity contribution is 6.04.